The van der Waals surface area contributed by atoms with Crippen LogP contribution in [0.4, 0.5) is 0 Å². The smallest absolute Gasteiger partial charge is 0.348 e. The third-order valence-electron chi connectivity index (χ3n) is 3.88. The Balaban J connectivity index is 0. The van der Waals surface area contributed by atoms with Crippen LogP contribution in [0.3, 0.4) is 0 Å². The molecule has 0 saturated heterocycles. The van der Waals surface area contributed by atoms with Crippen LogP contribution in [-0.2, 0) is 24.4 Å². The van der Waals surface area contributed by atoms with E-state index in [1.54, 1.807) is 0 Å². The number of carbonyl (C=O) groups excluding carboxylic acids is 1. The topological polar surface area (TPSA) is 82.1 Å². The number of hydrogen-bond donors (Lipinski definition) is 1. The van der Waals surface area contributed by atoms with Gasteiger partial charge >= 0.3 is 11.9 Å². The first-order valence-electron chi connectivity index (χ1n) is 9.91. The van der Waals surface area contributed by atoms with E-state index in [9.17, 15) is 9.59 Å². The van der Waals surface area contributed by atoms with Gasteiger partial charge in [-0.3, -0.25) is 9.68 Å². The summed E-state index contributed by atoms with van der Waals surface area (Å²) >= 11 is 0. The average molecular weight is 377 g/mol. The van der Waals surface area contributed by atoms with E-state index in [-0.39, 0.29) is 17.8 Å². The molecular weight excluding hydrogens is 336 g/mol. The highest BCUT2D eigenvalue weighted by atomic mass is 17.5. The summed E-state index contributed by atoms with van der Waals surface area (Å²) in [5.74, 6) is -1.19. The Bertz CT molecular complexity index is 362. The number of hydrogen-bond acceptors (Lipinski definition) is 5. The highest BCUT2D eigenvalue weighted by Crippen LogP contribution is 2.15. The fraction of sp³-hybridized carbons (Fsp3) is 0.900. The SMILES string of the molecule is CCCCC(CC)C(=O)O.CCCCC(CC)C(=O)OOOC(C)(C)C. The molecule has 26 heavy (non-hydrogen) atoms. The van der Waals surface area contributed by atoms with E-state index in [1.807, 2.05) is 34.6 Å². The molecule has 0 spiro atoms. The third kappa shape index (κ3) is 16.3. The van der Waals surface area contributed by atoms with Crippen LogP contribution in [0.15, 0.2) is 0 Å². The van der Waals surface area contributed by atoms with Crippen LogP contribution >= 0.6 is 0 Å². The molecule has 0 aromatic rings. The summed E-state index contributed by atoms with van der Waals surface area (Å²) in [7, 11) is 0. The van der Waals surface area contributed by atoms with Crippen LogP contribution in [0.25, 0.3) is 0 Å². The molecule has 1 N–H and O–H groups in total. The summed E-state index contributed by atoms with van der Waals surface area (Å²) in [6, 6.07) is 0. The van der Waals surface area contributed by atoms with Gasteiger partial charge in [0, 0.05) is 0 Å². The Morgan fingerprint density at radius 3 is 1.69 bits per heavy atom. The van der Waals surface area contributed by atoms with E-state index in [2.05, 4.69) is 23.8 Å². The Morgan fingerprint density at radius 2 is 1.35 bits per heavy atom. The minimum Gasteiger partial charge on any atom is -0.481 e. The Morgan fingerprint density at radius 1 is 0.885 bits per heavy atom. The average Bonchev–Trinajstić information content (AvgIpc) is 2.55. The van der Waals surface area contributed by atoms with Gasteiger partial charge in [-0.1, -0.05) is 53.4 Å². The van der Waals surface area contributed by atoms with Gasteiger partial charge in [-0.05, 0) is 51.5 Å². The zero-order chi connectivity index (χ0) is 20.6. The first-order valence-corrected chi connectivity index (χ1v) is 9.91. The van der Waals surface area contributed by atoms with E-state index < -0.39 is 11.6 Å². The molecule has 0 amide bonds. The molecule has 156 valence electrons. The maximum atomic E-state index is 11.5. The Hall–Kier alpha value is -1.14. The second-order valence-corrected chi connectivity index (χ2v) is 7.50. The first-order chi connectivity index (χ1) is 12.1. The number of rotatable bonds is 12. The molecule has 0 fully saturated rings. The molecule has 0 aromatic carbocycles. The van der Waals surface area contributed by atoms with Gasteiger partial charge < -0.3 is 5.11 Å². The van der Waals surface area contributed by atoms with E-state index in [4.69, 9.17) is 9.99 Å². The van der Waals surface area contributed by atoms with Crippen LogP contribution < -0.4 is 0 Å². The number of carboxylic acid groups (broad SMARTS) is 1. The summed E-state index contributed by atoms with van der Waals surface area (Å²) < 4.78 is 0. The van der Waals surface area contributed by atoms with Gasteiger partial charge in [0.2, 0.25) is 0 Å². The summed E-state index contributed by atoms with van der Waals surface area (Å²) in [4.78, 5) is 31.4. The highest BCUT2D eigenvalue weighted by molar-refractivity contribution is 5.71. The lowest BCUT2D eigenvalue weighted by atomic mass is 10.00. The van der Waals surface area contributed by atoms with Crippen molar-refractivity contribution in [1.82, 2.24) is 0 Å². The standard InChI is InChI=1S/C12H24O4.C8H16O2/c1-6-8-9-10(7-2)11(13)14-16-15-12(3,4)5;1-3-5-6-7(4-2)8(9)10/h10H,6-9H2,1-5H3;7H,3-6H2,1-2H3,(H,9,10). The molecule has 6 heteroatoms. The minimum absolute atomic E-state index is 0.0940. The van der Waals surface area contributed by atoms with E-state index in [1.165, 1.54) is 0 Å². The maximum Gasteiger partial charge on any atom is 0.348 e. The molecule has 2 unspecified atom stereocenters. The summed E-state index contributed by atoms with van der Waals surface area (Å²) in [6.45, 7) is 13.5. The quantitative estimate of drug-likeness (QED) is 0.348. The maximum absolute atomic E-state index is 11.5. The van der Waals surface area contributed by atoms with Crippen LogP contribution in [0.5, 0.6) is 0 Å². The predicted octanol–water partition coefficient (Wildman–Crippen LogP) is 5.70. The molecule has 0 radical (unpaired) electrons. The van der Waals surface area contributed by atoms with Gasteiger partial charge in [0.05, 0.1) is 17.4 Å². The fourth-order valence-electron chi connectivity index (χ4n) is 2.11. The molecule has 0 aliphatic heterocycles. The zero-order valence-electron chi connectivity index (χ0n) is 17.8. The molecular formula is C20H40O6. The van der Waals surface area contributed by atoms with Crippen molar-refractivity contribution in [3.8, 4) is 0 Å². The van der Waals surface area contributed by atoms with Crippen LogP contribution in [0.1, 0.15) is 99.8 Å². The van der Waals surface area contributed by atoms with Gasteiger partial charge in [0.1, 0.15) is 0 Å². The van der Waals surface area contributed by atoms with Gasteiger partial charge in [-0.2, -0.15) is 4.89 Å². The van der Waals surface area contributed by atoms with Crippen molar-refractivity contribution in [1.29, 1.82) is 0 Å². The van der Waals surface area contributed by atoms with Crippen molar-refractivity contribution in [3.05, 3.63) is 0 Å². The molecule has 0 bridgehead atoms. The summed E-state index contributed by atoms with van der Waals surface area (Å²) in [5.41, 5.74) is -0.481. The van der Waals surface area contributed by atoms with E-state index in [0.717, 1.165) is 51.4 Å². The van der Waals surface area contributed by atoms with Crippen molar-refractivity contribution >= 4 is 11.9 Å². The summed E-state index contributed by atoms with van der Waals surface area (Å²) in [6.07, 6.45) is 7.41. The number of aliphatic carboxylic acids is 1. The highest BCUT2D eigenvalue weighted by Gasteiger charge is 2.20. The van der Waals surface area contributed by atoms with Crippen molar-refractivity contribution in [2.45, 2.75) is 105 Å². The number of carbonyl (C=O) groups is 2. The van der Waals surface area contributed by atoms with Crippen LogP contribution in [0, 0.1) is 11.8 Å². The largest absolute Gasteiger partial charge is 0.481 e. The Labute approximate surface area is 159 Å². The van der Waals surface area contributed by atoms with Crippen molar-refractivity contribution in [2.75, 3.05) is 0 Å². The van der Waals surface area contributed by atoms with E-state index >= 15 is 0 Å². The zero-order valence-corrected chi connectivity index (χ0v) is 17.8. The molecule has 0 heterocycles. The van der Waals surface area contributed by atoms with Gasteiger partial charge in [-0.15, -0.1) is 0 Å². The normalized spacial score (nSPS) is 13.3. The third-order valence-corrected chi connectivity index (χ3v) is 3.88. The van der Waals surface area contributed by atoms with Crippen molar-refractivity contribution in [3.63, 3.8) is 0 Å². The lowest BCUT2D eigenvalue weighted by Gasteiger charge is -2.17. The molecule has 0 aliphatic rings. The van der Waals surface area contributed by atoms with Crippen LogP contribution in [-0.4, -0.2) is 22.6 Å². The second kappa shape index (κ2) is 16.1. The number of carboxylic acids is 1. The van der Waals surface area contributed by atoms with Crippen molar-refractivity contribution in [2.24, 2.45) is 11.8 Å². The molecule has 0 aromatic heterocycles. The second-order valence-electron chi connectivity index (χ2n) is 7.50. The molecule has 0 rings (SSSR count). The van der Waals surface area contributed by atoms with Crippen LogP contribution in [0.2, 0.25) is 0 Å². The lowest BCUT2D eigenvalue weighted by Crippen LogP contribution is -2.23. The fourth-order valence-corrected chi connectivity index (χ4v) is 2.11. The minimum atomic E-state index is -0.643. The van der Waals surface area contributed by atoms with E-state index in [0.29, 0.717) is 0 Å². The number of unbranched alkanes of at least 4 members (excludes halogenated alkanes) is 2. The lowest BCUT2D eigenvalue weighted by molar-refractivity contribution is -0.515. The first kappa shape index (κ1) is 27.1. The predicted molar refractivity (Wildman–Crippen MR) is 102 cm³/mol. The molecule has 2 atom stereocenters. The van der Waals surface area contributed by atoms with Crippen molar-refractivity contribution < 1.29 is 29.5 Å². The van der Waals surface area contributed by atoms with Gasteiger partial charge in [0.25, 0.3) is 0 Å². The van der Waals surface area contributed by atoms with Gasteiger partial charge in [-0.25, -0.2) is 4.79 Å². The van der Waals surface area contributed by atoms with Gasteiger partial charge in [0.15, 0.2) is 0 Å². The summed E-state index contributed by atoms with van der Waals surface area (Å²) in [5, 5.41) is 13.1. The molecule has 6 nitrogen and oxygen atoms in total. The monoisotopic (exact) mass is 376 g/mol. The Kier molecular flexibility index (Phi) is 16.7. The molecule has 0 saturated carbocycles. The molecule has 0 aliphatic carbocycles.